The van der Waals surface area contributed by atoms with E-state index in [1.165, 1.54) is 12.1 Å². The van der Waals surface area contributed by atoms with Crippen LogP contribution < -0.4 is 5.43 Å². The quantitative estimate of drug-likeness (QED) is 0.607. The standard InChI is InChI=1S/C19H14N2O4S2/c1-11-6-8-12(9-7-11)16(22)20-21-17(23)15(27-19(21)26)10-13-4-2-3-5-14(13)18(24)25/h2-10H,1H3,(H,20,22)(H,24,25)/b15-10+. The van der Waals surface area contributed by atoms with E-state index in [1.54, 1.807) is 42.5 Å². The normalized spacial score (nSPS) is 15.3. The van der Waals surface area contributed by atoms with Crippen molar-refractivity contribution in [3.8, 4) is 0 Å². The summed E-state index contributed by atoms with van der Waals surface area (Å²) in [5.74, 6) is -2.06. The number of thiocarbonyl (C=S) groups is 1. The number of carbonyl (C=O) groups is 3. The Labute approximate surface area is 164 Å². The Hall–Kier alpha value is -2.97. The fraction of sp³-hybridized carbons (Fsp3) is 0.0526. The zero-order chi connectivity index (χ0) is 19.6. The molecule has 2 aromatic carbocycles. The lowest BCUT2D eigenvalue weighted by molar-refractivity contribution is -0.123. The molecule has 27 heavy (non-hydrogen) atoms. The lowest BCUT2D eigenvalue weighted by Crippen LogP contribution is -2.44. The molecule has 0 aliphatic carbocycles. The van der Waals surface area contributed by atoms with Crippen LogP contribution in [0, 0.1) is 6.92 Å². The van der Waals surface area contributed by atoms with Gasteiger partial charge in [-0.05, 0) is 49.0 Å². The van der Waals surface area contributed by atoms with Crippen LogP contribution in [0.3, 0.4) is 0 Å². The summed E-state index contributed by atoms with van der Waals surface area (Å²) in [5, 5.41) is 10.3. The van der Waals surface area contributed by atoms with Crippen molar-refractivity contribution in [3.63, 3.8) is 0 Å². The summed E-state index contributed by atoms with van der Waals surface area (Å²) >= 11 is 6.18. The lowest BCUT2D eigenvalue weighted by Gasteiger charge is -2.15. The Morgan fingerprint density at radius 1 is 1.15 bits per heavy atom. The highest BCUT2D eigenvalue weighted by atomic mass is 32.2. The van der Waals surface area contributed by atoms with Crippen LogP contribution in [-0.2, 0) is 4.79 Å². The van der Waals surface area contributed by atoms with Gasteiger partial charge in [0.25, 0.3) is 11.8 Å². The Bertz CT molecular complexity index is 983. The largest absolute Gasteiger partial charge is 0.478 e. The molecule has 1 heterocycles. The topological polar surface area (TPSA) is 86.7 Å². The first-order valence-electron chi connectivity index (χ1n) is 7.85. The molecule has 8 heteroatoms. The molecule has 2 aromatic rings. The number of carboxylic acids is 1. The van der Waals surface area contributed by atoms with E-state index >= 15 is 0 Å². The van der Waals surface area contributed by atoms with Gasteiger partial charge in [0.05, 0.1) is 10.5 Å². The van der Waals surface area contributed by atoms with Crippen molar-refractivity contribution in [1.29, 1.82) is 0 Å². The summed E-state index contributed by atoms with van der Waals surface area (Å²) < 4.78 is 0.166. The first-order valence-corrected chi connectivity index (χ1v) is 9.07. The molecule has 3 rings (SSSR count). The highest BCUT2D eigenvalue weighted by Crippen LogP contribution is 2.32. The highest BCUT2D eigenvalue weighted by Gasteiger charge is 2.34. The van der Waals surface area contributed by atoms with Crippen LogP contribution in [0.2, 0.25) is 0 Å². The van der Waals surface area contributed by atoms with E-state index < -0.39 is 17.8 Å². The third-order valence-electron chi connectivity index (χ3n) is 3.80. The first-order chi connectivity index (χ1) is 12.9. The van der Waals surface area contributed by atoms with E-state index in [4.69, 9.17) is 12.2 Å². The van der Waals surface area contributed by atoms with Gasteiger partial charge in [-0.15, -0.1) is 0 Å². The summed E-state index contributed by atoms with van der Waals surface area (Å²) in [6, 6.07) is 13.2. The van der Waals surface area contributed by atoms with Crippen molar-refractivity contribution in [2.75, 3.05) is 0 Å². The van der Waals surface area contributed by atoms with Gasteiger partial charge in [0.15, 0.2) is 4.32 Å². The third kappa shape index (κ3) is 4.07. The SMILES string of the molecule is Cc1ccc(C(=O)NN2C(=O)/C(=C\c3ccccc3C(=O)O)SC2=S)cc1. The Balaban J connectivity index is 1.82. The second kappa shape index (κ2) is 7.73. The maximum Gasteiger partial charge on any atom is 0.336 e. The maximum absolute atomic E-state index is 12.6. The number of benzene rings is 2. The fourth-order valence-corrected chi connectivity index (χ4v) is 3.56. The number of nitrogens with zero attached hydrogens (tertiary/aromatic N) is 1. The first kappa shape index (κ1) is 18.8. The van der Waals surface area contributed by atoms with Gasteiger partial charge in [0.1, 0.15) is 0 Å². The van der Waals surface area contributed by atoms with Crippen LogP contribution in [0.1, 0.15) is 31.8 Å². The van der Waals surface area contributed by atoms with Crippen LogP contribution >= 0.6 is 24.0 Å². The highest BCUT2D eigenvalue weighted by molar-refractivity contribution is 8.26. The van der Waals surface area contributed by atoms with Gasteiger partial charge in [0.2, 0.25) is 0 Å². The molecule has 0 radical (unpaired) electrons. The lowest BCUT2D eigenvalue weighted by atomic mass is 10.1. The molecular formula is C19H14N2O4S2. The Morgan fingerprint density at radius 2 is 1.81 bits per heavy atom. The number of amides is 2. The van der Waals surface area contributed by atoms with Gasteiger partial charge in [0, 0.05) is 5.56 Å². The second-order valence-electron chi connectivity index (χ2n) is 5.72. The molecular weight excluding hydrogens is 384 g/mol. The number of nitrogens with one attached hydrogen (secondary N) is 1. The number of thioether (sulfide) groups is 1. The molecule has 0 aromatic heterocycles. The van der Waals surface area contributed by atoms with Gasteiger partial charge >= 0.3 is 5.97 Å². The molecule has 1 aliphatic heterocycles. The minimum Gasteiger partial charge on any atom is -0.478 e. The van der Waals surface area contributed by atoms with Crippen molar-refractivity contribution >= 4 is 52.2 Å². The predicted molar refractivity (Wildman–Crippen MR) is 107 cm³/mol. The maximum atomic E-state index is 12.6. The van der Waals surface area contributed by atoms with Crippen LogP contribution in [0.5, 0.6) is 0 Å². The van der Waals surface area contributed by atoms with Crippen molar-refractivity contribution in [2.45, 2.75) is 6.92 Å². The molecule has 1 saturated heterocycles. The number of hydrogen-bond acceptors (Lipinski definition) is 5. The van der Waals surface area contributed by atoms with Gasteiger partial charge in [-0.1, -0.05) is 47.7 Å². The van der Waals surface area contributed by atoms with Crippen molar-refractivity contribution in [3.05, 3.63) is 75.7 Å². The average Bonchev–Trinajstić information content (AvgIpc) is 2.90. The van der Waals surface area contributed by atoms with Crippen molar-refractivity contribution in [2.24, 2.45) is 0 Å². The van der Waals surface area contributed by atoms with E-state index in [1.807, 2.05) is 6.92 Å². The number of aryl methyl sites for hydroxylation is 1. The average molecular weight is 398 g/mol. The summed E-state index contributed by atoms with van der Waals surface area (Å²) in [6.07, 6.45) is 1.46. The summed E-state index contributed by atoms with van der Waals surface area (Å²) in [4.78, 5) is 36.5. The smallest absolute Gasteiger partial charge is 0.336 e. The van der Waals surface area contributed by atoms with E-state index in [-0.39, 0.29) is 14.8 Å². The molecule has 136 valence electrons. The molecule has 6 nitrogen and oxygen atoms in total. The number of aromatic carboxylic acids is 1. The van der Waals surface area contributed by atoms with Crippen molar-refractivity contribution in [1.82, 2.24) is 10.4 Å². The zero-order valence-corrected chi connectivity index (χ0v) is 15.8. The summed E-state index contributed by atoms with van der Waals surface area (Å²) in [6.45, 7) is 1.91. The molecule has 0 bridgehead atoms. The molecule has 0 atom stereocenters. The monoisotopic (exact) mass is 398 g/mol. The van der Waals surface area contributed by atoms with E-state index in [0.29, 0.717) is 11.1 Å². The number of hydrogen-bond donors (Lipinski definition) is 2. The Morgan fingerprint density at radius 3 is 2.48 bits per heavy atom. The molecule has 2 N–H and O–H groups in total. The van der Waals surface area contributed by atoms with E-state index in [9.17, 15) is 19.5 Å². The van der Waals surface area contributed by atoms with E-state index in [0.717, 1.165) is 22.3 Å². The zero-order valence-electron chi connectivity index (χ0n) is 14.1. The Kier molecular flexibility index (Phi) is 5.38. The number of carbonyl (C=O) groups excluding carboxylic acids is 2. The molecule has 2 amide bonds. The summed E-state index contributed by atoms with van der Waals surface area (Å²) in [5.41, 5.74) is 4.36. The predicted octanol–water partition coefficient (Wildman–Crippen LogP) is 3.24. The van der Waals surface area contributed by atoms with Crippen LogP contribution in [0.15, 0.2) is 53.4 Å². The molecule has 0 spiro atoms. The van der Waals surface area contributed by atoms with Gasteiger partial charge in [-0.3, -0.25) is 15.0 Å². The van der Waals surface area contributed by atoms with Crippen LogP contribution in [0.4, 0.5) is 0 Å². The fourth-order valence-electron chi connectivity index (χ4n) is 2.39. The van der Waals surface area contributed by atoms with Gasteiger partial charge < -0.3 is 5.11 Å². The minimum absolute atomic E-state index is 0.0754. The third-order valence-corrected chi connectivity index (χ3v) is 5.10. The number of hydrazine groups is 1. The molecule has 0 unspecified atom stereocenters. The van der Waals surface area contributed by atoms with E-state index in [2.05, 4.69) is 5.43 Å². The molecule has 0 saturated carbocycles. The summed E-state index contributed by atoms with van der Waals surface area (Å²) in [7, 11) is 0. The number of rotatable bonds is 4. The second-order valence-corrected chi connectivity index (χ2v) is 7.39. The van der Waals surface area contributed by atoms with Crippen LogP contribution in [-0.4, -0.2) is 32.2 Å². The molecule has 1 aliphatic rings. The van der Waals surface area contributed by atoms with Crippen molar-refractivity contribution < 1.29 is 19.5 Å². The molecule has 1 fully saturated rings. The van der Waals surface area contributed by atoms with Gasteiger partial charge in [-0.2, -0.15) is 5.01 Å². The number of carboxylic acid groups (broad SMARTS) is 1. The minimum atomic E-state index is -1.09. The van der Waals surface area contributed by atoms with Gasteiger partial charge in [-0.25, -0.2) is 4.79 Å². The van der Waals surface area contributed by atoms with Crippen LogP contribution in [0.25, 0.3) is 6.08 Å².